The first-order valence-electron chi connectivity index (χ1n) is 7.96. The minimum Gasteiger partial charge on any atom is -0.369 e. The first-order valence-corrected chi connectivity index (χ1v) is 9.96. The molecule has 3 rings (SSSR count). The molecule has 1 fully saturated rings. The summed E-state index contributed by atoms with van der Waals surface area (Å²) in [5.41, 5.74) is 2.26. The molecule has 0 aromatic heterocycles. The Labute approximate surface area is 154 Å². The third kappa shape index (κ3) is 4.12. The van der Waals surface area contributed by atoms with Crippen molar-refractivity contribution >= 4 is 33.4 Å². The second-order valence-corrected chi connectivity index (χ2v) is 7.79. The van der Waals surface area contributed by atoms with Crippen LogP contribution in [0.1, 0.15) is 24.0 Å². The van der Waals surface area contributed by atoms with Gasteiger partial charge in [0.15, 0.2) is 0 Å². The van der Waals surface area contributed by atoms with Crippen LogP contribution in [0.4, 0.5) is 10.1 Å². The van der Waals surface area contributed by atoms with Crippen molar-refractivity contribution in [2.45, 2.75) is 28.3 Å². The average molecular weight is 405 g/mol. The molecule has 1 saturated heterocycles. The van der Waals surface area contributed by atoms with E-state index in [9.17, 15) is 4.39 Å². The molecule has 0 atom stereocenters. The molecule has 0 radical (unpaired) electrons. The number of anilines is 1. The van der Waals surface area contributed by atoms with Crippen LogP contribution in [0.25, 0.3) is 0 Å². The lowest BCUT2D eigenvalue weighted by atomic mass is 10.1. The molecule has 1 heterocycles. The molecule has 24 heavy (non-hydrogen) atoms. The maximum Gasteiger partial charge on any atom is 0.147 e. The highest BCUT2D eigenvalue weighted by Gasteiger charge is 2.22. The molecule has 0 amide bonds. The summed E-state index contributed by atoms with van der Waals surface area (Å²) in [6, 6.07) is 15.4. The fourth-order valence-electron chi connectivity index (χ4n) is 2.90. The van der Waals surface area contributed by atoms with Crippen molar-refractivity contribution in [3.63, 3.8) is 0 Å². The van der Waals surface area contributed by atoms with Crippen LogP contribution in [0.5, 0.6) is 0 Å². The highest BCUT2D eigenvalue weighted by molar-refractivity contribution is 9.08. The van der Waals surface area contributed by atoms with Gasteiger partial charge in [0.25, 0.3) is 0 Å². The van der Waals surface area contributed by atoms with Crippen molar-refractivity contribution in [2.75, 3.05) is 18.0 Å². The number of nitriles is 1. The Morgan fingerprint density at radius 3 is 2.46 bits per heavy atom. The van der Waals surface area contributed by atoms with Crippen LogP contribution in [-0.2, 0) is 5.33 Å². The van der Waals surface area contributed by atoms with E-state index in [-0.39, 0.29) is 5.82 Å². The number of hydrogen-bond acceptors (Lipinski definition) is 3. The number of benzene rings is 2. The molecule has 1 aliphatic heterocycles. The molecular formula is C19H18BrFN2S. The van der Waals surface area contributed by atoms with Crippen LogP contribution in [0.15, 0.2) is 47.4 Å². The van der Waals surface area contributed by atoms with E-state index < -0.39 is 0 Å². The quantitative estimate of drug-likeness (QED) is 0.642. The molecule has 2 nitrogen and oxygen atoms in total. The number of hydrogen-bond donors (Lipinski definition) is 0. The molecule has 0 saturated carbocycles. The van der Waals surface area contributed by atoms with Crippen molar-refractivity contribution in [2.24, 2.45) is 0 Å². The van der Waals surface area contributed by atoms with Gasteiger partial charge in [0.2, 0.25) is 0 Å². The van der Waals surface area contributed by atoms with E-state index in [2.05, 4.69) is 45.1 Å². The van der Waals surface area contributed by atoms with Crippen molar-refractivity contribution in [1.82, 2.24) is 0 Å². The van der Waals surface area contributed by atoms with Crippen LogP contribution >= 0.6 is 27.7 Å². The lowest BCUT2D eigenvalue weighted by Crippen LogP contribution is -2.35. The number of thioether (sulfide) groups is 1. The van der Waals surface area contributed by atoms with Crippen LogP contribution < -0.4 is 4.90 Å². The zero-order valence-electron chi connectivity index (χ0n) is 13.2. The van der Waals surface area contributed by atoms with E-state index in [0.29, 0.717) is 16.5 Å². The Kier molecular flexibility index (Phi) is 5.80. The minimum absolute atomic E-state index is 0.300. The van der Waals surface area contributed by atoms with Crippen LogP contribution in [0, 0.1) is 17.1 Å². The van der Waals surface area contributed by atoms with Gasteiger partial charge in [0, 0.05) is 28.6 Å². The zero-order chi connectivity index (χ0) is 16.9. The summed E-state index contributed by atoms with van der Waals surface area (Å²) >= 11 is 5.38. The Balaban J connectivity index is 1.58. The summed E-state index contributed by atoms with van der Waals surface area (Å²) in [5.74, 6) is -0.300. The van der Waals surface area contributed by atoms with Gasteiger partial charge in [0.1, 0.15) is 5.82 Å². The summed E-state index contributed by atoms with van der Waals surface area (Å²) in [6.45, 7) is 1.69. The smallest absolute Gasteiger partial charge is 0.147 e. The maximum absolute atomic E-state index is 14.1. The molecule has 0 spiro atoms. The Bertz CT molecular complexity index is 734. The second kappa shape index (κ2) is 8.04. The lowest BCUT2D eigenvalue weighted by molar-refractivity contribution is 0.566. The molecule has 5 heteroatoms. The summed E-state index contributed by atoms with van der Waals surface area (Å²) in [5, 5.41) is 10.3. The Hall–Kier alpha value is -1.51. The van der Waals surface area contributed by atoms with E-state index in [0.717, 1.165) is 31.3 Å². The van der Waals surface area contributed by atoms with E-state index >= 15 is 0 Å². The van der Waals surface area contributed by atoms with Crippen LogP contribution in [-0.4, -0.2) is 18.3 Å². The molecule has 0 unspecified atom stereocenters. The number of nitrogens with zero attached hydrogens (tertiary/aromatic N) is 2. The van der Waals surface area contributed by atoms with Gasteiger partial charge in [-0.1, -0.05) is 28.1 Å². The van der Waals surface area contributed by atoms with Crippen LogP contribution in [0.3, 0.4) is 0 Å². The van der Waals surface area contributed by atoms with Gasteiger partial charge in [-0.2, -0.15) is 5.26 Å². The van der Waals surface area contributed by atoms with Crippen molar-refractivity contribution in [3.8, 4) is 6.07 Å². The first-order chi connectivity index (χ1) is 11.7. The molecule has 0 N–H and O–H groups in total. The van der Waals surface area contributed by atoms with Gasteiger partial charge in [-0.15, -0.1) is 11.8 Å². The maximum atomic E-state index is 14.1. The van der Waals surface area contributed by atoms with E-state index in [1.165, 1.54) is 16.5 Å². The summed E-state index contributed by atoms with van der Waals surface area (Å²) in [7, 11) is 0. The monoisotopic (exact) mass is 404 g/mol. The molecule has 2 aromatic carbocycles. The normalized spacial score (nSPS) is 15.3. The summed E-state index contributed by atoms with van der Waals surface area (Å²) in [4.78, 5) is 3.38. The molecule has 2 aromatic rings. The van der Waals surface area contributed by atoms with E-state index in [4.69, 9.17) is 5.26 Å². The average Bonchev–Trinajstić information content (AvgIpc) is 2.63. The van der Waals surface area contributed by atoms with Gasteiger partial charge in [-0.25, -0.2) is 4.39 Å². The molecule has 0 bridgehead atoms. The van der Waals surface area contributed by atoms with E-state index in [1.807, 2.05) is 17.8 Å². The first kappa shape index (κ1) is 17.3. The molecule has 1 aliphatic rings. The van der Waals surface area contributed by atoms with Crippen molar-refractivity contribution in [3.05, 3.63) is 59.4 Å². The predicted molar refractivity (Wildman–Crippen MR) is 101 cm³/mol. The van der Waals surface area contributed by atoms with Gasteiger partial charge >= 0.3 is 0 Å². The van der Waals surface area contributed by atoms with Crippen molar-refractivity contribution < 1.29 is 4.39 Å². The molecule has 124 valence electrons. The lowest BCUT2D eigenvalue weighted by Gasteiger charge is -2.33. The van der Waals surface area contributed by atoms with Gasteiger partial charge in [0.05, 0.1) is 17.3 Å². The fraction of sp³-hybridized carbons (Fsp3) is 0.316. The highest BCUT2D eigenvalue weighted by atomic mass is 79.9. The van der Waals surface area contributed by atoms with Gasteiger partial charge in [-0.3, -0.25) is 0 Å². The largest absolute Gasteiger partial charge is 0.369 e. The third-order valence-electron chi connectivity index (χ3n) is 4.24. The predicted octanol–water partition coefficient (Wildman–Crippen LogP) is 5.35. The van der Waals surface area contributed by atoms with Crippen LogP contribution in [0.2, 0.25) is 0 Å². The molecule has 0 aliphatic carbocycles. The minimum atomic E-state index is -0.300. The Morgan fingerprint density at radius 1 is 1.17 bits per heavy atom. The van der Waals surface area contributed by atoms with Gasteiger partial charge in [-0.05, 0) is 48.7 Å². The SMILES string of the molecule is N#Cc1ccc(N2CCC(Sc3ccc(CBr)cc3)CC2)c(F)c1. The zero-order valence-corrected chi connectivity index (χ0v) is 15.6. The number of rotatable bonds is 4. The third-order valence-corrected chi connectivity index (χ3v) is 6.24. The fourth-order valence-corrected chi connectivity index (χ4v) is 4.40. The topological polar surface area (TPSA) is 27.0 Å². The standard InChI is InChI=1S/C19H18BrFN2S/c20-12-14-1-4-16(5-2-14)24-17-7-9-23(10-8-17)19-6-3-15(13-22)11-18(19)21/h1-6,11,17H,7-10,12H2. The second-order valence-electron chi connectivity index (χ2n) is 5.86. The van der Waals surface area contributed by atoms with E-state index in [1.54, 1.807) is 12.1 Å². The number of halogens is 2. The number of piperidine rings is 1. The Morgan fingerprint density at radius 2 is 1.88 bits per heavy atom. The molecular weight excluding hydrogens is 387 g/mol. The number of alkyl halides is 1. The van der Waals surface area contributed by atoms with Gasteiger partial charge < -0.3 is 4.90 Å². The summed E-state index contributed by atoms with van der Waals surface area (Å²) in [6.07, 6.45) is 2.06. The summed E-state index contributed by atoms with van der Waals surface area (Å²) < 4.78 is 14.1. The van der Waals surface area contributed by atoms with Crippen molar-refractivity contribution in [1.29, 1.82) is 5.26 Å². The highest BCUT2D eigenvalue weighted by Crippen LogP contribution is 2.33.